The molecule has 3 aromatic rings. The fourth-order valence-electron chi connectivity index (χ4n) is 6.45. The van der Waals surface area contributed by atoms with Gasteiger partial charge in [0.2, 0.25) is 11.8 Å². The van der Waals surface area contributed by atoms with Crippen LogP contribution < -0.4 is 10.1 Å². The van der Waals surface area contributed by atoms with Gasteiger partial charge in [0.25, 0.3) is 0 Å². The van der Waals surface area contributed by atoms with Gasteiger partial charge in [0.15, 0.2) is 15.6 Å². The molecule has 2 amide bonds. The second-order valence-corrected chi connectivity index (χ2v) is 16.2. The number of halogens is 1. The third-order valence-corrected chi connectivity index (χ3v) is 11.4. The van der Waals surface area contributed by atoms with Crippen molar-refractivity contribution in [3.63, 3.8) is 0 Å². The molecule has 12 nitrogen and oxygen atoms in total. The Morgan fingerprint density at radius 3 is 2.60 bits per heavy atom. The molecule has 1 saturated carbocycles. The molecule has 1 N–H and O–H groups in total. The van der Waals surface area contributed by atoms with E-state index in [2.05, 4.69) is 38.3 Å². The van der Waals surface area contributed by atoms with Crippen molar-refractivity contribution in [3.05, 3.63) is 46.2 Å². The zero-order chi connectivity index (χ0) is 32.3. The molecule has 2 aliphatic heterocycles. The van der Waals surface area contributed by atoms with Crippen molar-refractivity contribution in [2.75, 3.05) is 36.6 Å². The molecule has 3 aliphatic rings. The summed E-state index contributed by atoms with van der Waals surface area (Å²) in [5.41, 5.74) is 1.06. The van der Waals surface area contributed by atoms with E-state index in [1.54, 1.807) is 29.2 Å². The van der Waals surface area contributed by atoms with Crippen molar-refractivity contribution in [1.82, 2.24) is 19.7 Å². The van der Waals surface area contributed by atoms with Gasteiger partial charge in [-0.3, -0.25) is 19.1 Å². The number of carbonyl (C=O) groups excluding carboxylic acids is 3. The van der Waals surface area contributed by atoms with Crippen molar-refractivity contribution in [1.29, 1.82) is 0 Å². The molecule has 1 unspecified atom stereocenters. The fraction of sp³-hybridized carbons (Fsp3) is 0.516. The van der Waals surface area contributed by atoms with E-state index in [1.807, 2.05) is 19.9 Å². The number of benzene rings is 1. The molecular formula is C31H36BrN5O7S. The summed E-state index contributed by atoms with van der Waals surface area (Å²) in [6.45, 7) is 7.88. The summed E-state index contributed by atoms with van der Waals surface area (Å²) in [4.78, 5) is 45.8. The number of Topliss-reactive ketones (excluding diaryl/α,β-unsaturated/α-hetero) is 1. The zero-order valence-electron chi connectivity index (χ0n) is 25.6. The van der Waals surface area contributed by atoms with Crippen molar-refractivity contribution in [3.8, 4) is 5.75 Å². The van der Waals surface area contributed by atoms with E-state index in [4.69, 9.17) is 9.47 Å². The molecule has 3 fully saturated rings. The maximum atomic E-state index is 13.8. The van der Waals surface area contributed by atoms with Crippen LogP contribution in [0.5, 0.6) is 5.75 Å². The van der Waals surface area contributed by atoms with E-state index >= 15 is 0 Å². The van der Waals surface area contributed by atoms with Crippen LogP contribution in [0.3, 0.4) is 0 Å². The number of ether oxygens (including phenoxy) is 2. The van der Waals surface area contributed by atoms with Gasteiger partial charge in [-0.1, -0.05) is 19.9 Å². The minimum atomic E-state index is -3.34. The van der Waals surface area contributed by atoms with E-state index in [1.165, 1.54) is 11.6 Å². The Labute approximate surface area is 269 Å². The van der Waals surface area contributed by atoms with E-state index < -0.39 is 15.9 Å². The topological polar surface area (TPSA) is 150 Å². The number of aryl methyl sites for hydroxylation is 1. The number of amides is 2. The van der Waals surface area contributed by atoms with Crippen molar-refractivity contribution in [2.24, 2.45) is 10.8 Å². The van der Waals surface area contributed by atoms with Gasteiger partial charge in [-0.25, -0.2) is 13.4 Å². The van der Waals surface area contributed by atoms with Crippen LogP contribution >= 0.6 is 15.9 Å². The molecule has 6 rings (SSSR count). The Hall–Kier alpha value is -3.36. The number of rotatable bonds is 11. The predicted octanol–water partition coefficient (Wildman–Crippen LogP) is 3.55. The molecule has 45 heavy (non-hydrogen) atoms. The normalized spacial score (nSPS) is 23.4. The Balaban J connectivity index is 1.17. The van der Waals surface area contributed by atoms with Gasteiger partial charge in [-0.15, -0.1) is 0 Å². The van der Waals surface area contributed by atoms with Crippen LogP contribution in [0.1, 0.15) is 49.7 Å². The van der Waals surface area contributed by atoms with Gasteiger partial charge in [0.1, 0.15) is 41.1 Å². The van der Waals surface area contributed by atoms with Gasteiger partial charge >= 0.3 is 0 Å². The average Bonchev–Trinajstić information content (AvgIpc) is 3.31. The molecule has 1 aliphatic carbocycles. The zero-order valence-corrected chi connectivity index (χ0v) is 28.0. The number of fused-ring (bicyclic) bond motifs is 2. The van der Waals surface area contributed by atoms with E-state index in [9.17, 15) is 22.8 Å². The third kappa shape index (κ3) is 6.36. The minimum absolute atomic E-state index is 0.0395. The molecule has 3 atom stereocenters. The van der Waals surface area contributed by atoms with Crippen LogP contribution in [0.4, 0.5) is 5.82 Å². The molecule has 0 bridgehead atoms. The number of sulfone groups is 1. The van der Waals surface area contributed by atoms with Crippen LogP contribution in [0.2, 0.25) is 0 Å². The van der Waals surface area contributed by atoms with E-state index in [-0.39, 0.29) is 64.8 Å². The van der Waals surface area contributed by atoms with Gasteiger partial charge in [0, 0.05) is 23.8 Å². The molecule has 0 radical (unpaired) electrons. The van der Waals surface area contributed by atoms with E-state index in [0.717, 1.165) is 12.0 Å². The standard InChI is InChI=1S/C31H36BrN5O7S/c1-18-5-8-25(32)33-28(18)34-29(40)23-12-31(4)13-24(31)37(23)26(39)14-36-22-7-6-20(11-21(22)27(35-36)19(2)38)44-9-10-45(41,42)17-30(3)15-43-16-30/h5-8,11,23-24H,9-10,12-17H2,1-4H3,(H,33,34,40)/t23?,24-,31+/m1/s1. The number of nitrogens with zero attached hydrogens (tertiary/aromatic N) is 4. The highest BCUT2D eigenvalue weighted by atomic mass is 79.9. The minimum Gasteiger partial charge on any atom is -0.493 e. The molecular weight excluding hydrogens is 666 g/mol. The lowest BCUT2D eigenvalue weighted by Gasteiger charge is -2.37. The molecule has 14 heteroatoms. The largest absolute Gasteiger partial charge is 0.493 e. The lowest BCUT2D eigenvalue weighted by Crippen LogP contribution is -2.47. The van der Waals surface area contributed by atoms with Crippen molar-refractivity contribution < 1.29 is 32.3 Å². The molecule has 4 heterocycles. The highest BCUT2D eigenvalue weighted by Crippen LogP contribution is 2.59. The summed E-state index contributed by atoms with van der Waals surface area (Å²) >= 11 is 3.34. The van der Waals surface area contributed by atoms with Gasteiger partial charge < -0.3 is 19.7 Å². The highest BCUT2D eigenvalue weighted by Gasteiger charge is 2.64. The predicted molar refractivity (Wildman–Crippen MR) is 170 cm³/mol. The summed E-state index contributed by atoms with van der Waals surface area (Å²) in [5, 5.41) is 7.87. The Bertz CT molecular complexity index is 1820. The number of anilines is 1. The lowest BCUT2D eigenvalue weighted by atomic mass is 9.92. The van der Waals surface area contributed by atoms with Crippen LogP contribution in [-0.2, 0) is 30.7 Å². The second-order valence-electron chi connectivity index (χ2n) is 13.2. The first-order valence-electron chi connectivity index (χ1n) is 14.8. The Morgan fingerprint density at radius 1 is 1.16 bits per heavy atom. The van der Waals surface area contributed by atoms with Gasteiger partial charge in [-0.2, -0.15) is 5.10 Å². The maximum absolute atomic E-state index is 13.8. The number of hydrogen-bond donors (Lipinski definition) is 1. The number of pyridine rings is 1. The summed E-state index contributed by atoms with van der Waals surface area (Å²) in [7, 11) is -3.34. The van der Waals surface area contributed by atoms with Crippen molar-refractivity contribution in [2.45, 2.75) is 59.2 Å². The smallest absolute Gasteiger partial charge is 0.248 e. The summed E-state index contributed by atoms with van der Waals surface area (Å²) in [5.74, 6) is -0.115. The number of ketones is 1. The van der Waals surface area contributed by atoms with Crippen LogP contribution in [-0.4, -0.2) is 89.1 Å². The first kappa shape index (κ1) is 31.6. The van der Waals surface area contributed by atoms with Gasteiger partial charge in [0.05, 0.1) is 30.2 Å². The number of piperidine rings is 1. The molecule has 2 aromatic heterocycles. The molecule has 1 aromatic carbocycles. The number of likely N-dealkylation sites (tertiary alicyclic amines) is 1. The quantitative estimate of drug-likeness (QED) is 0.234. The number of nitrogens with one attached hydrogen (secondary N) is 1. The van der Waals surface area contributed by atoms with Crippen LogP contribution in [0.25, 0.3) is 10.9 Å². The van der Waals surface area contributed by atoms with Gasteiger partial charge in [-0.05, 0) is 70.9 Å². The van der Waals surface area contributed by atoms with Crippen LogP contribution in [0.15, 0.2) is 34.9 Å². The SMILES string of the molecule is CC(=O)c1nn(CC(=O)N2C(C(=O)Nc3nc(Br)ccc3C)C[C@@]3(C)C[C@@H]23)c2ccc(OCCS(=O)(=O)CC3(C)COC3)cc12. The third-order valence-electron chi connectivity index (χ3n) is 9.00. The Kier molecular flexibility index (Phi) is 8.05. The average molecular weight is 703 g/mol. The van der Waals surface area contributed by atoms with E-state index in [0.29, 0.717) is 46.7 Å². The summed E-state index contributed by atoms with van der Waals surface area (Å²) in [6, 6.07) is 7.95. The highest BCUT2D eigenvalue weighted by molar-refractivity contribution is 9.10. The summed E-state index contributed by atoms with van der Waals surface area (Å²) < 4.78 is 38.2. The first-order chi connectivity index (χ1) is 21.2. The molecule has 2 saturated heterocycles. The molecule has 240 valence electrons. The lowest BCUT2D eigenvalue weighted by molar-refractivity contribution is -0.138. The second kappa shape index (κ2) is 11.5. The van der Waals surface area contributed by atoms with Crippen LogP contribution in [0, 0.1) is 17.8 Å². The first-order valence-corrected chi connectivity index (χ1v) is 17.5. The maximum Gasteiger partial charge on any atom is 0.248 e. The summed E-state index contributed by atoms with van der Waals surface area (Å²) in [6.07, 6.45) is 1.36. The number of carbonyl (C=O) groups is 3. The molecule has 0 spiro atoms. The van der Waals surface area contributed by atoms with Crippen molar-refractivity contribution >= 4 is 60.1 Å². The monoisotopic (exact) mass is 701 g/mol. The number of aromatic nitrogens is 3. The Morgan fingerprint density at radius 2 is 1.91 bits per heavy atom. The number of hydrogen-bond acceptors (Lipinski definition) is 9. The fourth-order valence-corrected chi connectivity index (χ4v) is 8.47.